The van der Waals surface area contributed by atoms with Crippen LogP contribution in [0.4, 0.5) is 4.39 Å². The second-order valence-electron chi connectivity index (χ2n) is 7.68. The van der Waals surface area contributed by atoms with Crippen LogP contribution in [0.25, 0.3) is 0 Å². The molecule has 1 N–H and O–H groups in total. The number of rotatable bonds is 5. The molecule has 158 valence electrons. The molecule has 2 heterocycles. The van der Waals surface area contributed by atoms with E-state index in [9.17, 15) is 14.0 Å². The molecule has 0 aromatic heterocycles. The number of amides is 2. The number of halogens is 1. The highest BCUT2D eigenvalue weighted by Crippen LogP contribution is 2.33. The number of likely N-dealkylation sites (tertiary alicyclic amines) is 1. The number of carbonyl (C=O) groups is 2. The molecule has 6 nitrogen and oxygen atoms in total. The summed E-state index contributed by atoms with van der Waals surface area (Å²) in [5.74, 6) is 0.159. The number of hydrogen-bond acceptors (Lipinski definition) is 4. The normalized spacial score (nSPS) is 18.1. The van der Waals surface area contributed by atoms with Gasteiger partial charge >= 0.3 is 0 Å². The maximum absolute atomic E-state index is 14.2. The van der Waals surface area contributed by atoms with Gasteiger partial charge in [0.1, 0.15) is 11.6 Å². The molecule has 2 saturated heterocycles. The molecule has 0 saturated carbocycles. The monoisotopic (exact) mass is 411 g/mol. The third-order valence-corrected chi connectivity index (χ3v) is 5.97. The van der Waals surface area contributed by atoms with Gasteiger partial charge in [-0.3, -0.25) is 14.9 Å². The second kappa shape index (κ2) is 8.44. The molecule has 0 unspecified atom stereocenters. The molecular formula is C23H26FN3O3. The Morgan fingerprint density at radius 3 is 2.57 bits per heavy atom. The van der Waals surface area contributed by atoms with Crippen molar-refractivity contribution in [3.05, 3.63) is 65.5 Å². The van der Waals surface area contributed by atoms with Gasteiger partial charge in [0.05, 0.1) is 30.9 Å². The quantitative estimate of drug-likeness (QED) is 0.822. The van der Waals surface area contributed by atoms with Gasteiger partial charge in [-0.05, 0) is 25.1 Å². The minimum atomic E-state index is -0.546. The molecule has 2 aromatic rings. The van der Waals surface area contributed by atoms with Crippen LogP contribution in [-0.4, -0.2) is 53.5 Å². The van der Waals surface area contributed by atoms with E-state index in [-0.39, 0.29) is 30.7 Å². The highest BCUT2D eigenvalue weighted by Gasteiger charge is 2.47. The molecule has 4 rings (SSSR count). The van der Waals surface area contributed by atoms with Gasteiger partial charge in [-0.15, -0.1) is 0 Å². The van der Waals surface area contributed by atoms with Crippen LogP contribution in [0.2, 0.25) is 0 Å². The SMILES string of the molecule is CCOc1ccccc1C(=O)N1CCC2(CC1)NCC(=O)N2Cc1ccccc1F. The van der Waals surface area contributed by atoms with Crippen LogP contribution in [-0.2, 0) is 11.3 Å². The van der Waals surface area contributed by atoms with E-state index in [1.165, 1.54) is 6.07 Å². The molecule has 2 aliphatic rings. The molecular weight excluding hydrogens is 385 g/mol. The summed E-state index contributed by atoms with van der Waals surface area (Å²) in [5.41, 5.74) is 0.502. The Bertz CT molecular complexity index is 941. The molecule has 0 atom stereocenters. The third kappa shape index (κ3) is 3.77. The van der Waals surface area contributed by atoms with E-state index in [0.29, 0.717) is 49.4 Å². The first-order valence-electron chi connectivity index (χ1n) is 10.3. The van der Waals surface area contributed by atoms with Gasteiger partial charge in [-0.1, -0.05) is 30.3 Å². The summed E-state index contributed by atoms with van der Waals surface area (Å²) < 4.78 is 19.8. The zero-order chi connectivity index (χ0) is 21.1. The zero-order valence-corrected chi connectivity index (χ0v) is 17.1. The smallest absolute Gasteiger partial charge is 0.257 e. The van der Waals surface area contributed by atoms with Gasteiger partial charge < -0.3 is 14.5 Å². The maximum atomic E-state index is 14.2. The summed E-state index contributed by atoms with van der Waals surface area (Å²) in [6.45, 7) is 3.85. The highest BCUT2D eigenvalue weighted by atomic mass is 19.1. The molecule has 30 heavy (non-hydrogen) atoms. The lowest BCUT2D eigenvalue weighted by molar-refractivity contribution is -0.132. The Balaban J connectivity index is 1.48. The first-order valence-corrected chi connectivity index (χ1v) is 10.3. The highest BCUT2D eigenvalue weighted by molar-refractivity contribution is 5.97. The number of para-hydroxylation sites is 1. The van der Waals surface area contributed by atoms with Crippen molar-refractivity contribution in [3.8, 4) is 5.75 Å². The number of benzene rings is 2. The number of ether oxygens (including phenoxy) is 1. The summed E-state index contributed by atoms with van der Waals surface area (Å²) in [4.78, 5) is 29.2. The predicted octanol–water partition coefficient (Wildman–Crippen LogP) is 2.79. The first-order chi connectivity index (χ1) is 14.5. The van der Waals surface area contributed by atoms with Gasteiger partial charge in [-0.25, -0.2) is 4.39 Å². The summed E-state index contributed by atoms with van der Waals surface area (Å²) in [7, 11) is 0. The van der Waals surface area contributed by atoms with Crippen molar-refractivity contribution in [2.45, 2.75) is 32.0 Å². The van der Waals surface area contributed by atoms with Gasteiger partial charge in [0.2, 0.25) is 5.91 Å². The van der Waals surface area contributed by atoms with Crippen molar-refractivity contribution in [2.75, 3.05) is 26.2 Å². The van der Waals surface area contributed by atoms with Crippen LogP contribution in [0.15, 0.2) is 48.5 Å². The standard InChI is InChI=1S/C23H26FN3O3/c1-2-30-20-10-6-4-8-18(20)22(29)26-13-11-23(12-14-26)25-15-21(28)27(23)16-17-7-3-5-9-19(17)24/h3-10,25H,2,11-16H2,1H3. The average Bonchev–Trinajstić information content (AvgIpc) is 3.06. The maximum Gasteiger partial charge on any atom is 0.257 e. The van der Waals surface area contributed by atoms with Crippen LogP contribution in [0.5, 0.6) is 5.75 Å². The van der Waals surface area contributed by atoms with E-state index in [0.717, 1.165) is 0 Å². The minimum Gasteiger partial charge on any atom is -0.493 e. The Labute approximate surface area is 175 Å². The topological polar surface area (TPSA) is 61.9 Å². The van der Waals surface area contributed by atoms with Crippen LogP contribution in [0, 0.1) is 5.82 Å². The summed E-state index contributed by atoms with van der Waals surface area (Å²) >= 11 is 0. The fraction of sp³-hybridized carbons (Fsp3) is 0.391. The number of nitrogens with one attached hydrogen (secondary N) is 1. The zero-order valence-electron chi connectivity index (χ0n) is 17.1. The van der Waals surface area contributed by atoms with Crippen molar-refractivity contribution >= 4 is 11.8 Å². The molecule has 0 bridgehead atoms. The summed E-state index contributed by atoms with van der Waals surface area (Å²) in [6.07, 6.45) is 1.19. The minimum absolute atomic E-state index is 0.0419. The van der Waals surface area contributed by atoms with Gasteiger partial charge in [0.25, 0.3) is 5.91 Å². The molecule has 7 heteroatoms. The summed E-state index contributed by atoms with van der Waals surface area (Å²) in [6, 6.07) is 13.8. The second-order valence-corrected chi connectivity index (χ2v) is 7.68. The fourth-order valence-corrected chi connectivity index (χ4v) is 4.33. The van der Waals surface area contributed by atoms with Crippen molar-refractivity contribution in [2.24, 2.45) is 0 Å². The van der Waals surface area contributed by atoms with Crippen molar-refractivity contribution in [1.82, 2.24) is 15.1 Å². The molecule has 2 aliphatic heterocycles. The molecule has 2 fully saturated rings. The number of carbonyl (C=O) groups excluding carboxylic acids is 2. The van der Waals surface area contributed by atoms with Crippen LogP contribution in [0.3, 0.4) is 0 Å². The lowest BCUT2D eigenvalue weighted by Crippen LogP contribution is -2.59. The van der Waals surface area contributed by atoms with E-state index in [1.807, 2.05) is 19.1 Å². The molecule has 2 amide bonds. The Hall–Kier alpha value is -2.93. The lowest BCUT2D eigenvalue weighted by atomic mass is 9.94. The number of piperidine rings is 1. The lowest BCUT2D eigenvalue weighted by Gasteiger charge is -2.44. The Morgan fingerprint density at radius 1 is 1.13 bits per heavy atom. The van der Waals surface area contributed by atoms with E-state index < -0.39 is 5.66 Å². The molecule has 1 spiro atoms. The van der Waals surface area contributed by atoms with Crippen LogP contribution in [0.1, 0.15) is 35.7 Å². The van der Waals surface area contributed by atoms with Crippen molar-refractivity contribution in [1.29, 1.82) is 0 Å². The van der Waals surface area contributed by atoms with Gasteiger partial charge in [0, 0.05) is 31.5 Å². The largest absolute Gasteiger partial charge is 0.493 e. The molecule has 0 aliphatic carbocycles. The van der Waals surface area contributed by atoms with Crippen molar-refractivity contribution < 1.29 is 18.7 Å². The average molecular weight is 411 g/mol. The van der Waals surface area contributed by atoms with Gasteiger partial charge in [-0.2, -0.15) is 0 Å². The van der Waals surface area contributed by atoms with Gasteiger partial charge in [0.15, 0.2) is 0 Å². The molecule has 0 radical (unpaired) electrons. The van der Waals surface area contributed by atoms with E-state index >= 15 is 0 Å². The van der Waals surface area contributed by atoms with Crippen LogP contribution < -0.4 is 10.1 Å². The fourth-order valence-electron chi connectivity index (χ4n) is 4.33. The van der Waals surface area contributed by atoms with E-state index in [1.54, 1.807) is 40.1 Å². The van der Waals surface area contributed by atoms with E-state index in [2.05, 4.69) is 5.32 Å². The molecule has 2 aromatic carbocycles. The van der Waals surface area contributed by atoms with Crippen molar-refractivity contribution in [3.63, 3.8) is 0 Å². The number of hydrogen-bond donors (Lipinski definition) is 1. The number of nitrogens with zero attached hydrogens (tertiary/aromatic N) is 2. The Morgan fingerprint density at radius 2 is 1.83 bits per heavy atom. The Kier molecular flexibility index (Phi) is 5.72. The predicted molar refractivity (Wildman–Crippen MR) is 110 cm³/mol. The van der Waals surface area contributed by atoms with Crippen LogP contribution >= 0.6 is 0 Å². The summed E-state index contributed by atoms with van der Waals surface area (Å²) in [5, 5.41) is 3.33. The van der Waals surface area contributed by atoms with E-state index in [4.69, 9.17) is 4.74 Å². The first kappa shape index (κ1) is 20.3. The third-order valence-electron chi connectivity index (χ3n) is 5.97.